The number of hydrogen-bond donors (Lipinski definition) is 1. The average molecular weight is 398 g/mol. The molecular formula is C25H32ClNO. The Hall–Kier alpha value is -1.79. The number of halogens is 1. The van der Waals surface area contributed by atoms with Gasteiger partial charge in [0.15, 0.2) is 0 Å². The topological polar surface area (TPSA) is 13.7 Å². The van der Waals surface area contributed by atoms with Gasteiger partial charge in [0.25, 0.3) is 0 Å². The van der Waals surface area contributed by atoms with Crippen molar-refractivity contribution < 1.29 is 22.0 Å². The predicted molar refractivity (Wildman–Crippen MR) is 111 cm³/mol. The van der Waals surface area contributed by atoms with Gasteiger partial charge in [0.05, 0.1) is 5.60 Å². The molecule has 3 heteroatoms. The molecule has 0 amide bonds. The fourth-order valence-corrected chi connectivity index (χ4v) is 3.96. The van der Waals surface area contributed by atoms with E-state index in [-0.39, 0.29) is 23.6 Å². The Morgan fingerprint density at radius 3 is 1.89 bits per heavy atom. The van der Waals surface area contributed by atoms with Crippen LogP contribution in [0.3, 0.4) is 0 Å². The summed E-state index contributed by atoms with van der Waals surface area (Å²) >= 11 is 0. The maximum absolute atomic E-state index is 6.30. The van der Waals surface area contributed by atoms with Crippen LogP contribution in [0.25, 0.3) is 0 Å². The Morgan fingerprint density at radius 2 is 1.39 bits per heavy atom. The average Bonchev–Trinajstić information content (AvgIpc) is 2.62. The Labute approximate surface area is 176 Å². The van der Waals surface area contributed by atoms with Crippen LogP contribution in [-0.2, 0) is 17.8 Å². The molecule has 1 fully saturated rings. The Morgan fingerprint density at radius 1 is 0.857 bits per heavy atom. The van der Waals surface area contributed by atoms with Crippen LogP contribution in [0.5, 0.6) is 0 Å². The molecule has 0 spiro atoms. The highest BCUT2D eigenvalue weighted by Crippen LogP contribution is 2.34. The van der Waals surface area contributed by atoms with E-state index in [0.717, 1.165) is 32.5 Å². The smallest absolute Gasteiger partial charge is 0.140 e. The molecule has 1 heterocycles. The molecule has 1 N–H and O–H groups in total. The van der Waals surface area contributed by atoms with Gasteiger partial charge in [-0.3, -0.25) is 0 Å². The van der Waals surface area contributed by atoms with Crippen LogP contribution in [0, 0.1) is 11.8 Å². The number of rotatable bonds is 5. The van der Waals surface area contributed by atoms with Crippen LogP contribution in [0.4, 0.5) is 0 Å². The predicted octanol–water partition coefficient (Wildman–Crippen LogP) is 1.02. The maximum atomic E-state index is 6.30. The van der Waals surface area contributed by atoms with Crippen molar-refractivity contribution in [3.8, 4) is 11.8 Å². The number of nitrogens with one attached hydrogen (secondary N) is 1. The van der Waals surface area contributed by atoms with Crippen molar-refractivity contribution in [3.05, 3.63) is 71.8 Å². The zero-order chi connectivity index (χ0) is 19.2. The minimum Gasteiger partial charge on any atom is -1.00 e. The van der Waals surface area contributed by atoms with Gasteiger partial charge in [0.1, 0.15) is 25.2 Å². The first kappa shape index (κ1) is 22.5. The highest BCUT2D eigenvalue weighted by atomic mass is 35.5. The Bertz CT molecular complexity index is 737. The molecule has 1 unspecified atom stereocenters. The molecule has 3 rings (SSSR count). The largest absolute Gasteiger partial charge is 1.00 e. The highest BCUT2D eigenvalue weighted by molar-refractivity contribution is 5.17. The lowest BCUT2D eigenvalue weighted by atomic mass is 9.88. The van der Waals surface area contributed by atoms with Crippen molar-refractivity contribution in [1.82, 2.24) is 0 Å². The van der Waals surface area contributed by atoms with Crippen molar-refractivity contribution in [2.45, 2.75) is 64.3 Å². The molecule has 1 aliphatic heterocycles. The number of ether oxygens (including phenoxy) is 1. The molecular weight excluding hydrogens is 366 g/mol. The first-order valence-corrected chi connectivity index (χ1v) is 10.1. The third kappa shape index (κ3) is 6.99. The molecule has 2 nitrogen and oxygen atoms in total. The van der Waals surface area contributed by atoms with Gasteiger partial charge >= 0.3 is 0 Å². The van der Waals surface area contributed by atoms with Crippen molar-refractivity contribution >= 4 is 0 Å². The number of benzene rings is 2. The zero-order valence-electron chi connectivity index (χ0n) is 17.3. The van der Waals surface area contributed by atoms with Crippen LogP contribution in [0.2, 0.25) is 0 Å². The van der Waals surface area contributed by atoms with Gasteiger partial charge in [-0.25, -0.2) is 0 Å². The number of hydrogen-bond acceptors (Lipinski definition) is 1. The molecule has 0 aromatic heterocycles. The van der Waals surface area contributed by atoms with Crippen LogP contribution in [0.15, 0.2) is 60.7 Å². The standard InChI is InChI=1S/C25H31NO.ClH/c1-24(2)16-10-17-25(3,27-24)18-11-19-26(20-22-12-6-4-7-13-22)21-23-14-8-5-9-15-23;/h4-9,12-15H,10,16-17,19-21H2,1-3H3;1H. The summed E-state index contributed by atoms with van der Waals surface area (Å²) in [5.41, 5.74) is 2.33. The summed E-state index contributed by atoms with van der Waals surface area (Å²) in [5, 5.41) is 0. The van der Waals surface area contributed by atoms with Crippen molar-refractivity contribution in [1.29, 1.82) is 0 Å². The lowest BCUT2D eigenvalue weighted by Crippen LogP contribution is -3.09. The van der Waals surface area contributed by atoms with Gasteiger partial charge < -0.3 is 22.0 Å². The molecule has 1 aliphatic rings. The summed E-state index contributed by atoms with van der Waals surface area (Å²) in [7, 11) is 0. The SMILES string of the molecule is CC1(C)CCCC(C)(C#CC[NH+](Cc2ccccc2)Cc2ccccc2)O1.[Cl-]. The van der Waals surface area contributed by atoms with Crippen LogP contribution >= 0.6 is 0 Å². The van der Waals surface area contributed by atoms with E-state index in [2.05, 4.69) is 93.3 Å². The van der Waals surface area contributed by atoms with E-state index in [9.17, 15) is 0 Å². The third-order valence-electron chi connectivity index (χ3n) is 5.22. The molecule has 2 aromatic rings. The molecule has 0 aliphatic carbocycles. The summed E-state index contributed by atoms with van der Waals surface area (Å²) in [6.07, 6.45) is 3.32. The minimum absolute atomic E-state index is 0. The van der Waals surface area contributed by atoms with Gasteiger partial charge in [-0.15, -0.1) is 0 Å². The Kier molecular flexibility index (Phi) is 8.13. The van der Waals surface area contributed by atoms with Crippen LogP contribution in [-0.4, -0.2) is 17.7 Å². The van der Waals surface area contributed by atoms with E-state index in [4.69, 9.17) is 4.74 Å². The first-order chi connectivity index (χ1) is 12.9. The van der Waals surface area contributed by atoms with E-state index >= 15 is 0 Å². The van der Waals surface area contributed by atoms with E-state index < -0.39 is 0 Å². The summed E-state index contributed by atoms with van der Waals surface area (Å²) in [4.78, 5) is 1.46. The third-order valence-corrected chi connectivity index (χ3v) is 5.22. The lowest BCUT2D eigenvalue weighted by Gasteiger charge is -2.40. The van der Waals surface area contributed by atoms with Gasteiger partial charge in [-0.2, -0.15) is 0 Å². The first-order valence-electron chi connectivity index (χ1n) is 10.1. The van der Waals surface area contributed by atoms with Gasteiger partial charge in [0, 0.05) is 11.1 Å². The summed E-state index contributed by atoms with van der Waals surface area (Å²) in [6.45, 7) is 9.28. The molecule has 0 saturated carbocycles. The van der Waals surface area contributed by atoms with E-state index in [1.165, 1.54) is 22.4 Å². The summed E-state index contributed by atoms with van der Waals surface area (Å²) < 4.78 is 6.30. The second kappa shape index (κ2) is 10.1. The van der Waals surface area contributed by atoms with Crippen LogP contribution < -0.4 is 17.3 Å². The van der Waals surface area contributed by atoms with E-state index in [1.807, 2.05) is 0 Å². The summed E-state index contributed by atoms with van der Waals surface area (Å²) in [5.74, 6) is 6.92. The van der Waals surface area contributed by atoms with E-state index in [1.54, 1.807) is 0 Å². The van der Waals surface area contributed by atoms with Crippen molar-refractivity contribution in [2.24, 2.45) is 0 Å². The molecule has 0 radical (unpaired) electrons. The van der Waals surface area contributed by atoms with Gasteiger partial charge in [0.2, 0.25) is 0 Å². The summed E-state index contributed by atoms with van der Waals surface area (Å²) in [6, 6.07) is 21.4. The quantitative estimate of drug-likeness (QED) is 0.744. The van der Waals surface area contributed by atoms with Crippen molar-refractivity contribution in [2.75, 3.05) is 6.54 Å². The van der Waals surface area contributed by atoms with Gasteiger partial charge in [-0.1, -0.05) is 66.6 Å². The molecule has 2 aromatic carbocycles. The van der Waals surface area contributed by atoms with Gasteiger partial charge in [-0.05, 0) is 46.0 Å². The Balaban J connectivity index is 0.00000280. The normalized spacial score (nSPS) is 20.7. The molecule has 0 bridgehead atoms. The second-order valence-electron chi connectivity index (χ2n) is 8.50. The maximum Gasteiger partial charge on any atom is 0.140 e. The fraction of sp³-hybridized carbons (Fsp3) is 0.440. The molecule has 150 valence electrons. The fourth-order valence-electron chi connectivity index (χ4n) is 3.96. The van der Waals surface area contributed by atoms with E-state index in [0.29, 0.717) is 0 Å². The van der Waals surface area contributed by atoms with Crippen LogP contribution in [0.1, 0.15) is 51.2 Å². The molecule has 28 heavy (non-hydrogen) atoms. The highest BCUT2D eigenvalue weighted by Gasteiger charge is 2.35. The zero-order valence-corrected chi connectivity index (χ0v) is 18.1. The molecule has 1 atom stereocenters. The van der Waals surface area contributed by atoms with Crippen molar-refractivity contribution in [3.63, 3.8) is 0 Å². The second-order valence-corrected chi connectivity index (χ2v) is 8.50. The number of quaternary nitrogens is 1. The molecule has 1 saturated heterocycles. The monoisotopic (exact) mass is 397 g/mol. The lowest BCUT2D eigenvalue weighted by molar-refractivity contribution is -0.920. The minimum atomic E-state index is -0.313.